The molecule has 0 spiro atoms. The van der Waals surface area contributed by atoms with Gasteiger partial charge in [-0.1, -0.05) is 18.2 Å². The molecule has 178 valence electrons. The lowest BCUT2D eigenvalue weighted by molar-refractivity contribution is -0.386. The van der Waals surface area contributed by atoms with Crippen molar-refractivity contribution in [3.05, 3.63) is 75.4 Å². The molecule has 1 heterocycles. The summed E-state index contributed by atoms with van der Waals surface area (Å²) in [6.45, 7) is 0.115. The van der Waals surface area contributed by atoms with E-state index in [4.69, 9.17) is 14.2 Å². The third-order valence-electron chi connectivity index (χ3n) is 5.30. The number of carbonyl (C=O) groups is 2. The quantitative estimate of drug-likeness (QED) is 0.356. The summed E-state index contributed by atoms with van der Waals surface area (Å²) in [4.78, 5) is 37.4. The molecular formula is C24H24N2O8. The highest BCUT2D eigenvalue weighted by Gasteiger charge is 2.33. The van der Waals surface area contributed by atoms with Crippen LogP contribution in [0, 0.1) is 10.1 Å². The van der Waals surface area contributed by atoms with E-state index in [1.807, 2.05) is 0 Å². The fourth-order valence-electron chi connectivity index (χ4n) is 3.64. The normalized spacial score (nSPS) is 14.5. The number of para-hydroxylation sites is 1. The van der Waals surface area contributed by atoms with Gasteiger partial charge < -0.3 is 19.3 Å². The molecule has 1 N–H and O–H groups in total. The maximum Gasteiger partial charge on any atom is 0.275 e. The van der Waals surface area contributed by atoms with Crippen molar-refractivity contribution in [1.82, 2.24) is 4.90 Å². The number of nitro groups is 1. The third kappa shape index (κ3) is 4.91. The van der Waals surface area contributed by atoms with Gasteiger partial charge in [0.1, 0.15) is 6.10 Å². The standard InChI is InChI=1S/C24H24N2O8/c1-32-19-13-15(14-20(33-2)23(19)34-3)10-11-21(27)25-12-6-8-17(24(25)29)22(28)16-7-4-5-9-18(16)26(30)31/h4-5,7-11,13-14,22,28H,6,12H2,1-3H3/b11-10+. The summed E-state index contributed by atoms with van der Waals surface area (Å²) in [6, 6.07) is 8.91. The lowest BCUT2D eigenvalue weighted by Crippen LogP contribution is -2.41. The number of benzene rings is 2. The second-order valence-corrected chi connectivity index (χ2v) is 7.25. The van der Waals surface area contributed by atoms with Crippen molar-refractivity contribution in [2.75, 3.05) is 27.9 Å². The number of ether oxygens (including phenoxy) is 3. The lowest BCUT2D eigenvalue weighted by Gasteiger charge is -2.26. The molecule has 0 fully saturated rings. The smallest absolute Gasteiger partial charge is 0.275 e. The molecular weight excluding hydrogens is 444 g/mol. The van der Waals surface area contributed by atoms with Crippen molar-refractivity contribution in [1.29, 1.82) is 0 Å². The molecule has 2 aromatic carbocycles. The minimum absolute atomic E-state index is 0.0191. The highest BCUT2D eigenvalue weighted by Crippen LogP contribution is 2.38. The number of carbonyl (C=O) groups excluding carboxylic acids is 2. The maximum atomic E-state index is 13.0. The van der Waals surface area contributed by atoms with Gasteiger partial charge in [-0.05, 0) is 36.3 Å². The van der Waals surface area contributed by atoms with E-state index in [2.05, 4.69) is 0 Å². The number of aliphatic hydroxyl groups is 1. The van der Waals surface area contributed by atoms with Gasteiger partial charge in [0.05, 0.1) is 31.8 Å². The minimum atomic E-state index is -1.54. The first-order valence-electron chi connectivity index (χ1n) is 10.3. The van der Waals surface area contributed by atoms with Gasteiger partial charge in [-0.3, -0.25) is 24.6 Å². The van der Waals surface area contributed by atoms with Crippen molar-refractivity contribution in [2.24, 2.45) is 0 Å². The summed E-state index contributed by atoms with van der Waals surface area (Å²) in [5, 5.41) is 22.0. The zero-order valence-electron chi connectivity index (χ0n) is 18.9. The number of hydrogen-bond donors (Lipinski definition) is 1. The van der Waals surface area contributed by atoms with Crippen molar-refractivity contribution >= 4 is 23.6 Å². The summed E-state index contributed by atoms with van der Waals surface area (Å²) in [6.07, 6.45) is 2.98. The van der Waals surface area contributed by atoms with Crippen molar-refractivity contribution in [3.63, 3.8) is 0 Å². The Labute approximate surface area is 195 Å². The van der Waals surface area contributed by atoms with Gasteiger partial charge in [-0.15, -0.1) is 0 Å². The Bertz CT molecular complexity index is 1150. The summed E-state index contributed by atoms with van der Waals surface area (Å²) in [7, 11) is 4.42. The van der Waals surface area contributed by atoms with E-state index in [0.29, 0.717) is 29.2 Å². The SMILES string of the molecule is COc1cc(/C=C/C(=O)N2CCC=C(C(O)c3ccccc3[N+](=O)[O-])C2=O)cc(OC)c1OC. The van der Waals surface area contributed by atoms with Gasteiger partial charge in [0.2, 0.25) is 5.75 Å². The maximum absolute atomic E-state index is 13.0. The molecule has 0 aromatic heterocycles. The van der Waals surface area contributed by atoms with Gasteiger partial charge in [-0.25, -0.2) is 0 Å². The van der Waals surface area contributed by atoms with Crippen molar-refractivity contribution in [3.8, 4) is 17.2 Å². The van der Waals surface area contributed by atoms with Gasteiger partial charge in [-0.2, -0.15) is 0 Å². The Morgan fingerprint density at radius 3 is 2.38 bits per heavy atom. The Morgan fingerprint density at radius 2 is 1.79 bits per heavy atom. The summed E-state index contributed by atoms with van der Waals surface area (Å²) >= 11 is 0. The van der Waals surface area contributed by atoms with Crippen LogP contribution in [-0.4, -0.2) is 54.6 Å². The summed E-state index contributed by atoms with van der Waals surface area (Å²) in [5.74, 6) is -0.101. The molecule has 1 unspecified atom stereocenters. The first-order valence-corrected chi connectivity index (χ1v) is 10.3. The van der Waals surface area contributed by atoms with E-state index in [1.54, 1.807) is 12.1 Å². The molecule has 0 bridgehead atoms. The number of amides is 2. The molecule has 1 atom stereocenters. The van der Waals surface area contributed by atoms with E-state index in [-0.39, 0.29) is 23.4 Å². The van der Waals surface area contributed by atoms with E-state index >= 15 is 0 Å². The second-order valence-electron chi connectivity index (χ2n) is 7.25. The molecule has 1 aliphatic rings. The van der Waals surface area contributed by atoms with Gasteiger partial charge >= 0.3 is 0 Å². The van der Waals surface area contributed by atoms with Crippen LogP contribution in [0.1, 0.15) is 23.7 Å². The van der Waals surface area contributed by atoms with E-state index in [0.717, 1.165) is 4.90 Å². The molecule has 3 rings (SSSR count). The number of aliphatic hydroxyl groups excluding tert-OH is 1. The zero-order chi connectivity index (χ0) is 24.8. The monoisotopic (exact) mass is 468 g/mol. The molecule has 0 radical (unpaired) electrons. The van der Waals surface area contributed by atoms with Crippen LogP contribution in [0.5, 0.6) is 17.2 Å². The fraction of sp³-hybridized carbons (Fsp3) is 0.250. The fourth-order valence-corrected chi connectivity index (χ4v) is 3.64. The second kappa shape index (κ2) is 10.6. The number of methoxy groups -OCH3 is 3. The van der Waals surface area contributed by atoms with Crippen molar-refractivity contribution in [2.45, 2.75) is 12.5 Å². The average Bonchev–Trinajstić information content (AvgIpc) is 2.86. The van der Waals surface area contributed by atoms with Crippen molar-refractivity contribution < 1.29 is 33.8 Å². The first-order chi connectivity index (χ1) is 16.3. The topological polar surface area (TPSA) is 128 Å². The molecule has 10 heteroatoms. The van der Waals surface area contributed by atoms with Crippen LogP contribution in [0.2, 0.25) is 0 Å². The van der Waals surface area contributed by atoms with Crippen LogP contribution >= 0.6 is 0 Å². The number of nitrogens with zero attached hydrogens (tertiary/aromatic N) is 2. The molecule has 0 aliphatic carbocycles. The highest BCUT2D eigenvalue weighted by molar-refractivity contribution is 6.09. The molecule has 0 saturated heterocycles. The number of imide groups is 1. The van der Waals surface area contributed by atoms with Crippen LogP contribution < -0.4 is 14.2 Å². The van der Waals surface area contributed by atoms with Gasteiger partial charge in [0, 0.05) is 24.3 Å². The van der Waals surface area contributed by atoms with Crippen LogP contribution in [0.15, 0.2) is 54.1 Å². The first kappa shape index (κ1) is 24.5. The predicted molar refractivity (Wildman–Crippen MR) is 123 cm³/mol. The van der Waals surface area contributed by atoms with E-state index in [9.17, 15) is 24.8 Å². The van der Waals surface area contributed by atoms with Crippen LogP contribution in [0.4, 0.5) is 5.69 Å². The highest BCUT2D eigenvalue weighted by atomic mass is 16.6. The van der Waals surface area contributed by atoms with Gasteiger partial charge in [0.25, 0.3) is 17.5 Å². The molecule has 0 saturated carbocycles. The van der Waals surface area contributed by atoms with Crippen LogP contribution in [-0.2, 0) is 9.59 Å². The zero-order valence-corrected chi connectivity index (χ0v) is 18.9. The Morgan fingerprint density at radius 1 is 1.15 bits per heavy atom. The molecule has 2 aromatic rings. The van der Waals surface area contributed by atoms with Gasteiger partial charge in [0.15, 0.2) is 11.5 Å². The largest absolute Gasteiger partial charge is 0.493 e. The van der Waals surface area contributed by atoms with E-state index < -0.39 is 22.8 Å². The third-order valence-corrected chi connectivity index (χ3v) is 5.30. The molecule has 10 nitrogen and oxygen atoms in total. The average molecular weight is 468 g/mol. The number of rotatable bonds is 8. The number of nitro benzene ring substituents is 1. The Hall–Kier alpha value is -4.18. The Balaban J connectivity index is 1.82. The lowest BCUT2D eigenvalue weighted by atomic mass is 9.96. The van der Waals surface area contributed by atoms with E-state index in [1.165, 1.54) is 63.8 Å². The van der Waals surface area contributed by atoms with Crippen LogP contribution in [0.25, 0.3) is 6.08 Å². The molecule has 2 amide bonds. The Kier molecular flexibility index (Phi) is 7.64. The summed E-state index contributed by atoms with van der Waals surface area (Å²) < 4.78 is 15.9. The number of hydrogen-bond acceptors (Lipinski definition) is 8. The molecule has 1 aliphatic heterocycles. The minimum Gasteiger partial charge on any atom is -0.493 e. The predicted octanol–water partition coefficient (Wildman–Crippen LogP) is 3.05. The summed E-state index contributed by atoms with van der Waals surface area (Å²) in [5.41, 5.74) is 0.155. The molecule has 34 heavy (non-hydrogen) atoms. The van der Waals surface area contributed by atoms with Crippen LogP contribution in [0.3, 0.4) is 0 Å².